The molecule has 0 aromatic carbocycles. The third-order valence-electron chi connectivity index (χ3n) is 2.77. The SMILES string of the molecule is CCc1nc2scc(-c3cccnc3)n2c1N. The third kappa shape index (κ3) is 1.51. The molecule has 0 bridgehead atoms. The molecule has 86 valence electrons. The molecule has 0 fully saturated rings. The molecule has 0 amide bonds. The topological polar surface area (TPSA) is 56.2 Å². The van der Waals surface area contributed by atoms with Crippen LogP contribution in [-0.4, -0.2) is 14.4 Å². The van der Waals surface area contributed by atoms with Crippen LogP contribution in [0.15, 0.2) is 29.9 Å². The Kier molecular flexibility index (Phi) is 2.33. The van der Waals surface area contributed by atoms with Crippen LogP contribution in [0.5, 0.6) is 0 Å². The zero-order chi connectivity index (χ0) is 11.8. The van der Waals surface area contributed by atoms with E-state index < -0.39 is 0 Å². The van der Waals surface area contributed by atoms with E-state index in [2.05, 4.69) is 22.3 Å². The molecule has 0 saturated carbocycles. The van der Waals surface area contributed by atoms with Crippen LogP contribution in [-0.2, 0) is 6.42 Å². The Morgan fingerprint density at radius 3 is 3.06 bits per heavy atom. The summed E-state index contributed by atoms with van der Waals surface area (Å²) in [6, 6.07) is 3.95. The van der Waals surface area contributed by atoms with Crippen molar-refractivity contribution in [2.45, 2.75) is 13.3 Å². The Morgan fingerprint density at radius 1 is 1.47 bits per heavy atom. The average molecular weight is 244 g/mol. The van der Waals surface area contributed by atoms with Gasteiger partial charge in [0, 0.05) is 23.3 Å². The van der Waals surface area contributed by atoms with Crippen LogP contribution < -0.4 is 5.73 Å². The number of pyridine rings is 1. The number of fused-ring (bicyclic) bond motifs is 1. The van der Waals surface area contributed by atoms with Crippen molar-refractivity contribution in [1.82, 2.24) is 14.4 Å². The van der Waals surface area contributed by atoms with E-state index in [-0.39, 0.29) is 0 Å². The highest BCUT2D eigenvalue weighted by Crippen LogP contribution is 2.29. The van der Waals surface area contributed by atoms with E-state index in [4.69, 9.17) is 5.73 Å². The van der Waals surface area contributed by atoms with E-state index in [1.165, 1.54) is 0 Å². The van der Waals surface area contributed by atoms with Gasteiger partial charge in [0.1, 0.15) is 5.82 Å². The van der Waals surface area contributed by atoms with Crippen LogP contribution in [0.1, 0.15) is 12.6 Å². The van der Waals surface area contributed by atoms with Crippen molar-refractivity contribution < 1.29 is 0 Å². The van der Waals surface area contributed by atoms with Crippen LogP contribution in [0, 0.1) is 0 Å². The number of rotatable bonds is 2. The zero-order valence-electron chi connectivity index (χ0n) is 9.42. The maximum Gasteiger partial charge on any atom is 0.196 e. The fourth-order valence-corrected chi connectivity index (χ4v) is 2.82. The first-order valence-electron chi connectivity index (χ1n) is 5.46. The van der Waals surface area contributed by atoms with Crippen LogP contribution in [0.3, 0.4) is 0 Å². The summed E-state index contributed by atoms with van der Waals surface area (Å²) in [6.07, 6.45) is 4.46. The summed E-state index contributed by atoms with van der Waals surface area (Å²) < 4.78 is 2.00. The van der Waals surface area contributed by atoms with Crippen molar-refractivity contribution in [2.75, 3.05) is 5.73 Å². The van der Waals surface area contributed by atoms with Crippen molar-refractivity contribution in [1.29, 1.82) is 0 Å². The molecule has 0 saturated heterocycles. The van der Waals surface area contributed by atoms with Gasteiger partial charge in [-0.1, -0.05) is 6.92 Å². The molecule has 3 aromatic heterocycles. The molecule has 0 spiro atoms. The molecule has 0 unspecified atom stereocenters. The van der Waals surface area contributed by atoms with Crippen LogP contribution >= 0.6 is 11.3 Å². The van der Waals surface area contributed by atoms with Gasteiger partial charge in [0.05, 0.1) is 11.4 Å². The predicted molar refractivity (Wildman–Crippen MR) is 70.1 cm³/mol. The van der Waals surface area contributed by atoms with Crippen LogP contribution in [0.25, 0.3) is 16.2 Å². The zero-order valence-corrected chi connectivity index (χ0v) is 10.2. The Labute approximate surface area is 103 Å². The second-order valence-electron chi connectivity index (χ2n) is 3.78. The van der Waals surface area contributed by atoms with Crippen LogP contribution in [0.4, 0.5) is 5.82 Å². The molecular formula is C12H12N4S. The lowest BCUT2D eigenvalue weighted by molar-refractivity contribution is 1.08. The number of hydrogen-bond donors (Lipinski definition) is 1. The van der Waals surface area contributed by atoms with Gasteiger partial charge in [0.25, 0.3) is 0 Å². The number of imidazole rings is 1. The molecule has 3 heterocycles. The second-order valence-corrected chi connectivity index (χ2v) is 4.61. The number of nitrogen functional groups attached to an aromatic ring is 1. The first kappa shape index (κ1) is 10.3. The minimum absolute atomic E-state index is 0.739. The van der Waals surface area contributed by atoms with Gasteiger partial charge in [-0.05, 0) is 18.6 Å². The fraction of sp³-hybridized carbons (Fsp3) is 0.167. The molecular weight excluding hydrogens is 232 g/mol. The maximum atomic E-state index is 6.12. The number of nitrogens with zero attached hydrogens (tertiary/aromatic N) is 3. The maximum absolute atomic E-state index is 6.12. The van der Waals surface area contributed by atoms with Crippen molar-refractivity contribution >= 4 is 22.1 Å². The molecule has 3 aromatic rings. The van der Waals surface area contributed by atoms with Gasteiger partial charge in [0.15, 0.2) is 4.96 Å². The number of hydrogen-bond acceptors (Lipinski definition) is 4. The third-order valence-corrected chi connectivity index (χ3v) is 3.59. The molecule has 17 heavy (non-hydrogen) atoms. The lowest BCUT2D eigenvalue weighted by Gasteiger charge is -2.01. The molecule has 3 rings (SSSR count). The number of anilines is 1. The predicted octanol–water partition coefficient (Wildman–Crippen LogP) is 2.60. The number of aryl methyl sites for hydroxylation is 1. The van der Waals surface area contributed by atoms with Gasteiger partial charge in [-0.2, -0.15) is 0 Å². The van der Waals surface area contributed by atoms with Gasteiger partial charge >= 0.3 is 0 Å². The van der Waals surface area contributed by atoms with E-state index in [0.29, 0.717) is 0 Å². The highest BCUT2D eigenvalue weighted by atomic mass is 32.1. The molecule has 0 radical (unpaired) electrons. The molecule has 0 aliphatic carbocycles. The smallest absolute Gasteiger partial charge is 0.196 e. The number of aromatic nitrogens is 3. The Balaban J connectivity index is 2.27. The van der Waals surface area contributed by atoms with Gasteiger partial charge < -0.3 is 5.73 Å². The summed E-state index contributed by atoms with van der Waals surface area (Å²) in [5.74, 6) is 0.739. The summed E-state index contributed by atoms with van der Waals surface area (Å²) in [5, 5.41) is 2.06. The van der Waals surface area contributed by atoms with Gasteiger partial charge in [-0.15, -0.1) is 11.3 Å². The molecule has 0 aliphatic rings. The minimum Gasteiger partial charge on any atom is -0.383 e. The fourth-order valence-electron chi connectivity index (χ4n) is 1.90. The molecule has 5 heteroatoms. The molecule has 0 aliphatic heterocycles. The van der Waals surface area contributed by atoms with E-state index in [9.17, 15) is 0 Å². The Hall–Kier alpha value is -1.88. The Morgan fingerprint density at radius 2 is 2.35 bits per heavy atom. The first-order chi connectivity index (χ1) is 8.31. The number of nitrogens with two attached hydrogens (primary N) is 1. The normalized spacial score (nSPS) is 11.1. The molecule has 0 atom stereocenters. The van der Waals surface area contributed by atoms with Gasteiger partial charge in [0.2, 0.25) is 0 Å². The average Bonchev–Trinajstić information content (AvgIpc) is 2.91. The standard InChI is InChI=1S/C12H12N4S/c1-2-9-11(13)16-10(7-17-12(16)15-9)8-4-3-5-14-6-8/h3-7H,2,13H2,1H3. The summed E-state index contributed by atoms with van der Waals surface area (Å²) >= 11 is 1.60. The highest BCUT2D eigenvalue weighted by Gasteiger charge is 2.13. The van der Waals surface area contributed by atoms with Crippen molar-refractivity contribution in [3.63, 3.8) is 0 Å². The van der Waals surface area contributed by atoms with E-state index >= 15 is 0 Å². The van der Waals surface area contributed by atoms with E-state index in [1.807, 2.05) is 22.7 Å². The Bertz CT molecular complexity index is 654. The van der Waals surface area contributed by atoms with E-state index in [0.717, 1.165) is 34.2 Å². The lowest BCUT2D eigenvalue weighted by Crippen LogP contribution is -1.96. The quantitative estimate of drug-likeness (QED) is 0.754. The molecule has 2 N–H and O–H groups in total. The van der Waals surface area contributed by atoms with E-state index in [1.54, 1.807) is 17.5 Å². The summed E-state index contributed by atoms with van der Waals surface area (Å²) in [4.78, 5) is 9.59. The van der Waals surface area contributed by atoms with Crippen molar-refractivity contribution in [3.05, 3.63) is 35.6 Å². The molecule has 4 nitrogen and oxygen atoms in total. The first-order valence-corrected chi connectivity index (χ1v) is 6.34. The minimum atomic E-state index is 0.739. The summed E-state index contributed by atoms with van der Waals surface area (Å²) in [5.41, 5.74) is 9.20. The van der Waals surface area contributed by atoms with Gasteiger partial charge in [-0.25, -0.2) is 4.98 Å². The van der Waals surface area contributed by atoms with Crippen molar-refractivity contribution in [2.24, 2.45) is 0 Å². The summed E-state index contributed by atoms with van der Waals surface area (Å²) in [7, 11) is 0. The lowest BCUT2D eigenvalue weighted by atomic mass is 10.2. The highest BCUT2D eigenvalue weighted by molar-refractivity contribution is 7.15. The summed E-state index contributed by atoms with van der Waals surface area (Å²) in [6.45, 7) is 2.06. The van der Waals surface area contributed by atoms with Gasteiger partial charge in [-0.3, -0.25) is 9.38 Å². The monoisotopic (exact) mass is 244 g/mol. The second kappa shape index (κ2) is 3.85. The van der Waals surface area contributed by atoms with Crippen LogP contribution in [0.2, 0.25) is 0 Å². The number of thiazole rings is 1. The van der Waals surface area contributed by atoms with Crippen molar-refractivity contribution in [3.8, 4) is 11.3 Å². The largest absolute Gasteiger partial charge is 0.383 e.